The fourth-order valence-corrected chi connectivity index (χ4v) is 4.91. The smallest absolute Gasteiger partial charge is 0.243 e. The zero-order chi connectivity index (χ0) is 21.8. The molecule has 0 radical (unpaired) electrons. The van der Waals surface area contributed by atoms with E-state index in [0.29, 0.717) is 13.0 Å². The fraction of sp³-hybridized carbons (Fsp3) is 0.500. The molecule has 0 bridgehead atoms. The molecule has 0 fully saturated rings. The van der Waals surface area contributed by atoms with Crippen LogP contribution in [0.25, 0.3) is 0 Å². The summed E-state index contributed by atoms with van der Waals surface area (Å²) in [6, 6.07) is 8.21. The number of rotatable bonds is 7. The van der Waals surface area contributed by atoms with E-state index < -0.39 is 0 Å². The predicted molar refractivity (Wildman–Crippen MR) is 119 cm³/mol. The summed E-state index contributed by atoms with van der Waals surface area (Å²) in [6.07, 6.45) is 2.04. The quantitative estimate of drug-likeness (QED) is 0.618. The minimum atomic E-state index is -0.291. The van der Waals surface area contributed by atoms with Gasteiger partial charge >= 0.3 is 0 Å². The lowest BCUT2D eigenvalue weighted by Gasteiger charge is -2.38. The first-order chi connectivity index (χ1) is 14.3. The summed E-state index contributed by atoms with van der Waals surface area (Å²) in [5.74, 6) is -0.0764. The SMILES string of the molecule is CC[C@@H](C)N(CC(=O)N1CCc2sccc2[C@@H]1c1ccc(F)cc1)C(=O)CC(C)C. The van der Waals surface area contributed by atoms with E-state index in [2.05, 4.69) is 6.07 Å². The maximum atomic E-state index is 13.5. The molecule has 0 saturated carbocycles. The molecule has 4 nitrogen and oxygen atoms in total. The number of nitrogens with zero attached hydrogens (tertiary/aromatic N) is 2. The van der Waals surface area contributed by atoms with Gasteiger partial charge in [0.15, 0.2) is 0 Å². The summed E-state index contributed by atoms with van der Waals surface area (Å²) in [7, 11) is 0. The molecular weight excluding hydrogens is 399 g/mol. The van der Waals surface area contributed by atoms with E-state index >= 15 is 0 Å². The van der Waals surface area contributed by atoms with Crippen LogP contribution in [0.4, 0.5) is 4.39 Å². The Labute approximate surface area is 182 Å². The average molecular weight is 431 g/mol. The van der Waals surface area contributed by atoms with Gasteiger partial charge in [-0.05, 0) is 60.4 Å². The number of fused-ring (bicyclic) bond motifs is 1. The van der Waals surface area contributed by atoms with Crippen molar-refractivity contribution in [3.05, 3.63) is 57.5 Å². The number of halogens is 1. The monoisotopic (exact) mass is 430 g/mol. The van der Waals surface area contributed by atoms with Gasteiger partial charge in [-0.3, -0.25) is 9.59 Å². The normalized spacial score (nSPS) is 17.0. The number of amides is 2. The highest BCUT2D eigenvalue weighted by Gasteiger charge is 2.34. The molecule has 0 N–H and O–H groups in total. The van der Waals surface area contributed by atoms with Crippen molar-refractivity contribution < 1.29 is 14.0 Å². The molecule has 162 valence electrons. The van der Waals surface area contributed by atoms with E-state index in [4.69, 9.17) is 0 Å². The van der Waals surface area contributed by atoms with E-state index in [1.54, 1.807) is 28.4 Å². The molecule has 30 heavy (non-hydrogen) atoms. The van der Waals surface area contributed by atoms with Crippen molar-refractivity contribution in [3.8, 4) is 0 Å². The van der Waals surface area contributed by atoms with E-state index in [-0.39, 0.29) is 42.2 Å². The van der Waals surface area contributed by atoms with Crippen LogP contribution in [-0.4, -0.2) is 40.7 Å². The number of thiophene rings is 1. The van der Waals surface area contributed by atoms with E-state index in [1.807, 2.05) is 38.0 Å². The van der Waals surface area contributed by atoms with Gasteiger partial charge in [-0.15, -0.1) is 11.3 Å². The van der Waals surface area contributed by atoms with Crippen LogP contribution in [0, 0.1) is 11.7 Å². The molecule has 1 aliphatic rings. The molecule has 1 aromatic heterocycles. The summed E-state index contributed by atoms with van der Waals surface area (Å²) < 4.78 is 13.5. The minimum absolute atomic E-state index is 0.00553. The summed E-state index contributed by atoms with van der Waals surface area (Å²) in [4.78, 5) is 31.2. The van der Waals surface area contributed by atoms with Gasteiger partial charge in [-0.25, -0.2) is 4.39 Å². The van der Waals surface area contributed by atoms with Crippen molar-refractivity contribution in [2.75, 3.05) is 13.1 Å². The van der Waals surface area contributed by atoms with Crippen LogP contribution >= 0.6 is 11.3 Å². The predicted octanol–water partition coefficient (Wildman–Crippen LogP) is 5.03. The molecule has 3 rings (SSSR count). The molecule has 0 spiro atoms. The average Bonchev–Trinajstić information content (AvgIpc) is 3.19. The van der Waals surface area contributed by atoms with Gasteiger partial charge in [0.2, 0.25) is 11.8 Å². The molecule has 6 heteroatoms. The van der Waals surface area contributed by atoms with Crippen LogP contribution in [-0.2, 0) is 16.0 Å². The van der Waals surface area contributed by atoms with Crippen LogP contribution < -0.4 is 0 Å². The number of carbonyl (C=O) groups is 2. The van der Waals surface area contributed by atoms with Crippen molar-refractivity contribution in [1.29, 1.82) is 0 Å². The lowest BCUT2D eigenvalue weighted by atomic mass is 9.93. The van der Waals surface area contributed by atoms with Crippen molar-refractivity contribution in [3.63, 3.8) is 0 Å². The van der Waals surface area contributed by atoms with Crippen molar-refractivity contribution in [2.24, 2.45) is 5.92 Å². The second-order valence-electron chi connectivity index (χ2n) is 8.47. The Morgan fingerprint density at radius 1 is 1.20 bits per heavy atom. The van der Waals surface area contributed by atoms with Gasteiger partial charge in [-0.2, -0.15) is 0 Å². The topological polar surface area (TPSA) is 40.6 Å². The Bertz CT molecular complexity index is 878. The van der Waals surface area contributed by atoms with Crippen LogP contribution in [0.15, 0.2) is 35.7 Å². The molecule has 1 aromatic carbocycles. The van der Waals surface area contributed by atoms with E-state index in [9.17, 15) is 14.0 Å². The van der Waals surface area contributed by atoms with E-state index in [1.165, 1.54) is 17.0 Å². The standard InChI is InChI=1S/C24H31FN2O2S/c1-5-17(4)27(22(28)14-16(2)3)15-23(29)26-12-10-21-20(11-13-30-21)24(26)18-6-8-19(25)9-7-18/h6-9,11,13,16-17,24H,5,10,12,14-15H2,1-4H3/t17-,24+/m1/s1. The second-order valence-corrected chi connectivity index (χ2v) is 9.47. The maximum Gasteiger partial charge on any atom is 0.243 e. The van der Waals surface area contributed by atoms with Crippen LogP contribution in [0.5, 0.6) is 0 Å². The summed E-state index contributed by atoms with van der Waals surface area (Å²) in [5, 5.41) is 2.05. The van der Waals surface area contributed by atoms with Crippen LogP contribution in [0.1, 0.15) is 62.6 Å². The van der Waals surface area contributed by atoms with Gasteiger partial charge in [0.1, 0.15) is 12.4 Å². The lowest BCUT2D eigenvalue weighted by Crippen LogP contribution is -2.49. The van der Waals surface area contributed by atoms with Crippen LogP contribution in [0.2, 0.25) is 0 Å². The first-order valence-corrected chi connectivity index (χ1v) is 11.6. The molecule has 2 heterocycles. The largest absolute Gasteiger partial charge is 0.331 e. The minimum Gasteiger partial charge on any atom is -0.331 e. The van der Waals surface area contributed by atoms with Gasteiger partial charge < -0.3 is 9.80 Å². The van der Waals surface area contributed by atoms with E-state index in [0.717, 1.165) is 24.0 Å². The number of hydrogen-bond donors (Lipinski definition) is 0. The summed E-state index contributed by atoms with van der Waals surface area (Å²) in [6.45, 7) is 8.74. The van der Waals surface area contributed by atoms with Crippen molar-refractivity contribution in [2.45, 2.75) is 59.0 Å². The highest BCUT2D eigenvalue weighted by molar-refractivity contribution is 7.10. The van der Waals surface area contributed by atoms with Crippen LogP contribution in [0.3, 0.4) is 0 Å². The van der Waals surface area contributed by atoms with Crippen molar-refractivity contribution in [1.82, 2.24) is 9.80 Å². The summed E-state index contributed by atoms with van der Waals surface area (Å²) in [5.41, 5.74) is 2.00. The molecule has 0 aliphatic carbocycles. The highest BCUT2D eigenvalue weighted by atomic mass is 32.1. The third-order valence-corrected chi connectivity index (χ3v) is 6.80. The highest BCUT2D eigenvalue weighted by Crippen LogP contribution is 2.38. The first-order valence-electron chi connectivity index (χ1n) is 10.7. The van der Waals surface area contributed by atoms with Gasteiger partial charge in [0.05, 0.1) is 6.04 Å². The number of hydrogen-bond acceptors (Lipinski definition) is 3. The Hall–Kier alpha value is -2.21. The number of carbonyl (C=O) groups excluding carboxylic acids is 2. The summed E-state index contributed by atoms with van der Waals surface area (Å²) >= 11 is 1.70. The Balaban J connectivity index is 1.88. The number of benzene rings is 1. The Kier molecular flexibility index (Phi) is 7.29. The molecule has 2 aromatic rings. The maximum absolute atomic E-state index is 13.5. The Morgan fingerprint density at radius 3 is 2.53 bits per heavy atom. The third-order valence-electron chi connectivity index (χ3n) is 5.80. The van der Waals surface area contributed by atoms with Gasteiger partial charge in [0, 0.05) is 23.9 Å². The fourth-order valence-electron chi connectivity index (χ4n) is 4.00. The molecule has 0 unspecified atom stereocenters. The molecule has 1 aliphatic heterocycles. The zero-order valence-electron chi connectivity index (χ0n) is 18.2. The second kappa shape index (κ2) is 9.73. The first kappa shape index (κ1) is 22.5. The Morgan fingerprint density at radius 2 is 1.90 bits per heavy atom. The third kappa shape index (κ3) is 4.91. The van der Waals surface area contributed by atoms with Gasteiger partial charge in [-0.1, -0.05) is 32.9 Å². The zero-order valence-corrected chi connectivity index (χ0v) is 19.0. The molecule has 0 saturated heterocycles. The lowest BCUT2D eigenvalue weighted by molar-refractivity contribution is -0.144. The molecule has 2 atom stereocenters. The molecular formula is C24H31FN2O2S. The van der Waals surface area contributed by atoms with Crippen molar-refractivity contribution >= 4 is 23.2 Å². The van der Waals surface area contributed by atoms with Gasteiger partial charge in [0.25, 0.3) is 0 Å². The molecule has 2 amide bonds.